The van der Waals surface area contributed by atoms with Crippen LogP contribution >= 0.6 is 0 Å². The fourth-order valence-corrected chi connectivity index (χ4v) is 3.57. The standard InChI is InChI=1S/C23H29N3O3/c1-4-23(28)26-13-11-25(12-14-26)20-8-6-5-7-19(20)24-22(27)16-29-21-10-9-17(2)15-18(21)3/h5-10,15H,4,11-14,16H2,1-3H3,(H,24,27). The summed E-state index contributed by atoms with van der Waals surface area (Å²) in [6.07, 6.45) is 0.535. The van der Waals surface area contributed by atoms with Crippen molar-refractivity contribution in [3.63, 3.8) is 0 Å². The lowest BCUT2D eigenvalue weighted by molar-refractivity contribution is -0.131. The van der Waals surface area contributed by atoms with E-state index in [1.54, 1.807) is 0 Å². The highest BCUT2D eigenvalue weighted by Crippen LogP contribution is 2.27. The van der Waals surface area contributed by atoms with E-state index < -0.39 is 0 Å². The van der Waals surface area contributed by atoms with Crippen molar-refractivity contribution in [2.24, 2.45) is 0 Å². The molecule has 2 amide bonds. The molecule has 2 aromatic rings. The molecule has 6 nitrogen and oxygen atoms in total. The second-order valence-corrected chi connectivity index (χ2v) is 7.34. The molecule has 0 unspecified atom stereocenters. The van der Waals surface area contributed by atoms with Crippen LogP contribution in [0.25, 0.3) is 0 Å². The summed E-state index contributed by atoms with van der Waals surface area (Å²) in [5.74, 6) is 0.711. The van der Waals surface area contributed by atoms with Gasteiger partial charge in [-0.15, -0.1) is 0 Å². The summed E-state index contributed by atoms with van der Waals surface area (Å²) in [5.41, 5.74) is 3.90. The molecule has 6 heteroatoms. The summed E-state index contributed by atoms with van der Waals surface area (Å²) in [4.78, 5) is 28.5. The van der Waals surface area contributed by atoms with Crippen LogP contribution in [0.1, 0.15) is 24.5 Å². The third-order valence-electron chi connectivity index (χ3n) is 5.14. The number of anilines is 2. The minimum absolute atomic E-state index is 0.0446. The molecule has 0 bridgehead atoms. The molecule has 0 aliphatic carbocycles. The SMILES string of the molecule is CCC(=O)N1CCN(c2ccccc2NC(=O)COc2ccc(C)cc2C)CC1. The lowest BCUT2D eigenvalue weighted by atomic mass is 10.1. The zero-order valence-electron chi connectivity index (χ0n) is 17.4. The van der Waals surface area contributed by atoms with Gasteiger partial charge in [-0.25, -0.2) is 0 Å². The molecule has 3 rings (SSSR count). The Labute approximate surface area is 172 Å². The molecule has 2 aromatic carbocycles. The molecule has 1 heterocycles. The Bertz CT molecular complexity index is 873. The average molecular weight is 396 g/mol. The summed E-state index contributed by atoms with van der Waals surface area (Å²) in [7, 11) is 0. The molecule has 1 aliphatic heterocycles. The first-order valence-electron chi connectivity index (χ1n) is 10.1. The maximum atomic E-state index is 12.5. The summed E-state index contributed by atoms with van der Waals surface area (Å²) in [5, 5.41) is 2.97. The zero-order chi connectivity index (χ0) is 20.8. The Morgan fingerprint density at radius 3 is 2.45 bits per heavy atom. The molecule has 154 valence electrons. The van der Waals surface area contributed by atoms with Gasteiger partial charge in [0.1, 0.15) is 5.75 Å². The van der Waals surface area contributed by atoms with Crippen molar-refractivity contribution in [2.45, 2.75) is 27.2 Å². The van der Waals surface area contributed by atoms with E-state index in [9.17, 15) is 9.59 Å². The number of hydrogen-bond donors (Lipinski definition) is 1. The van der Waals surface area contributed by atoms with E-state index in [0.717, 1.165) is 41.3 Å². The van der Waals surface area contributed by atoms with Crippen LogP contribution in [0.3, 0.4) is 0 Å². The molecular formula is C23H29N3O3. The smallest absolute Gasteiger partial charge is 0.262 e. The molecule has 0 spiro atoms. The molecule has 1 aliphatic rings. The highest BCUT2D eigenvalue weighted by atomic mass is 16.5. The number of amides is 2. The first-order chi connectivity index (χ1) is 14.0. The number of ether oxygens (including phenoxy) is 1. The van der Waals surface area contributed by atoms with Gasteiger partial charge in [-0.3, -0.25) is 9.59 Å². The summed E-state index contributed by atoms with van der Waals surface area (Å²) in [6.45, 7) is 8.73. The highest BCUT2D eigenvalue weighted by molar-refractivity contribution is 5.95. The van der Waals surface area contributed by atoms with E-state index in [1.165, 1.54) is 0 Å². The molecule has 1 fully saturated rings. The third kappa shape index (κ3) is 5.28. The van der Waals surface area contributed by atoms with Crippen molar-refractivity contribution in [1.29, 1.82) is 0 Å². The molecule has 1 N–H and O–H groups in total. The fraction of sp³-hybridized carbons (Fsp3) is 0.391. The first-order valence-corrected chi connectivity index (χ1v) is 10.1. The van der Waals surface area contributed by atoms with Crippen LogP contribution in [0.15, 0.2) is 42.5 Å². The van der Waals surface area contributed by atoms with Gasteiger partial charge in [-0.05, 0) is 37.6 Å². The topological polar surface area (TPSA) is 61.9 Å². The Hall–Kier alpha value is -3.02. The van der Waals surface area contributed by atoms with Crippen LogP contribution in [0.5, 0.6) is 5.75 Å². The van der Waals surface area contributed by atoms with E-state index in [2.05, 4.69) is 10.2 Å². The van der Waals surface area contributed by atoms with Gasteiger partial charge in [0.25, 0.3) is 5.91 Å². The van der Waals surface area contributed by atoms with Crippen molar-refractivity contribution in [2.75, 3.05) is 43.0 Å². The summed E-state index contributed by atoms with van der Waals surface area (Å²) < 4.78 is 5.69. The normalized spacial score (nSPS) is 13.9. The number of benzene rings is 2. The number of piperazine rings is 1. The molecule has 0 atom stereocenters. The Morgan fingerprint density at radius 1 is 1.03 bits per heavy atom. The molecule has 0 radical (unpaired) electrons. The van der Waals surface area contributed by atoms with Crippen LogP contribution in [0.4, 0.5) is 11.4 Å². The molecular weight excluding hydrogens is 366 g/mol. The Balaban J connectivity index is 1.60. The number of carbonyl (C=O) groups is 2. The van der Waals surface area contributed by atoms with Gasteiger partial charge in [0.15, 0.2) is 6.61 Å². The van der Waals surface area contributed by atoms with Gasteiger partial charge in [-0.1, -0.05) is 36.8 Å². The van der Waals surface area contributed by atoms with Crippen LogP contribution in [0, 0.1) is 13.8 Å². The number of carbonyl (C=O) groups excluding carboxylic acids is 2. The number of aryl methyl sites for hydroxylation is 2. The quantitative estimate of drug-likeness (QED) is 0.815. The van der Waals surface area contributed by atoms with Crippen LogP contribution in [-0.4, -0.2) is 49.5 Å². The first kappa shape index (κ1) is 20.7. The lowest BCUT2D eigenvalue weighted by Crippen LogP contribution is -2.48. The maximum Gasteiger partial charge on any atom is 0.262 e. The second kappa shape index (κ2) is 9.45. The van der Waals surface area contributed by atoms with Gasteiger partial charge in [-0.2, -0.15) is 0 Å². The minimum atomic E-state index is -0.197. The summed E-state index contributed by atoms with van der Waals surface area (Å²) >= 11 is 0. The number of para-hydroxylation sites is 2. The van der Waals surface area contributed by atoms with E-state index >= 15 is 0 Å². The maximum absolute atomic E-state index is 12.5. The van der Waals surface area contributed by atoms with Crippen molar-refractivity contribution < 1.29 is 14.3 Å². The molecule has 0 aromatic heterocycles. The van der Waals surface area contributed by atoms with Crippen LogP contribution in [0.2, 0.25) is 0 Å². The lowest BCUT2D eigenvalue weighted by Gasteiger charge is -2.36. The predicted molar refractivity (Wildman–Crippen MR) is 116 cm³/mol. The van der Waals surface area contributed by atoms with Gasteiger partial charge >= 0.3 is 0 Å². The average Bonchev–Trinajstić information content (AvgIpc) is 2.73. The van der Waals surface area contributed by atoms with Crippen LogP contribution < -0.4 is 15.0 Å². The molecule has 29 heavy (non-hydrogen) atoms. The van der Waals surface area contributed by atoms with E-state index in [0.29, 0.717) is 19.5 Å². The Kier molecular flexibility index (Phi) is 6.75. The van der Waals surface area contributed by atoms with Gasteiger partial charge < -0.3 is 19.9 Å². The van der Waals surface area contributed by atoms with Crippen molar-refractivity contribution >= 4 is 23.2 Å². The number of hydrogen-bond acceptors (Lipinski definition) is 4. The molecule has 1 saturated heterocycles. The van der Waals surface area contributed by atoms with Crippen LogP contribution in [-0.2, 0) is 9.59 Å². The van der Waals surface area contributed by atoms with Gasteiger partial charge in [0.2, 0.25) is 5.91 Å². The highest BCUT2D eigenvalue weighted by Gasteiger charge is 2.22. The minimum Gasteiger partial charge on any atom is -0.483 e. The number of rotatable bonds is 6. The number of nitrogens with zero attached hydrogens (tertiary/aromatic N) is 2. The summed E-state index contributed by atoms with van der Waals surface area (Å²) in [6, 6.07) is 13.7. The predicted octanol–water partition coefficient (Wildman–Crippen LogP) is 3.38. The van der Waals surface area contributed by atoms with Crippen molar-refractivity contribution in [1.82, 2.24) is 4.90 Å². The number of nitrogens with one attached hydrogen (secondary N) is 1. The van der Waals surface area contributed by atoms with Crippen molar-refractivity contribution in [3.8, 4) is 5.75 Å². The zero-order valence-corrected chi connectivity index (χ0v) is 17.4. The molecule has 0 saturated carbocycles. The second-order valence-electron chi connectivity index (χ2n) is 7.34. The Morgan fingerprint density at radius 2 is 1.76 bits per heavy atom. The van der Waals surface area contributed by atoms with E-state index in [1.807, 2.05) is 68.1 Å². The fourth-order valence-electron chi connectivity index (χ4n) is 3.57. The van der Waals surface area contributed by atoms with E-state index in [4.69, 9.17) is 4.74 Å². The monoisotopic (exact) mass is 395 g/mol. The van der Waals surface area contributed by atoms with E-state index in [-0.39, 0.29) is 18.4 Å². The third-order valence-corrected chi connectivity index (χ3v) is 5.14. The largest absolute Gasteiger partial charge is 0.483 e. The van der Waals surface area contributed by atoms with Gasteiger partial charge in [0.05, 0.1) is 11.4 Å². The van der Waals surface area contributed by atoms with Crippen molar-refractivity contribution in [3.05, 3.63) is 53.6 Å². The van der Waals surface area contributed by atoms with Gasteiger partial charge in [0, 0.05) is 32.6 Å².